The number of nitrogens with two attached hydrogens (primary N) is 1. The zero-order chi connectivity index (χ0) is 13.2. The van der Waals surface area contributed by atoms with Crippen molar-refractivity contribution in [3.63, 3.8) is 0 Å². The van der Waals surface area contributed by atoms with Gasteiger partial charge in [-0.3, -0.25) is 9.97 Å². The van der Waals surface area contributed by atoms with Gasteiger partial charge in [-0.05, 0) is 36.2 Å². The minimum Gasteiger partial charge on any atom is -0.320 e. The van der Waals surface area contributed by atoms with Crippen LogP contribution in [0.3, 0.4) is 0 Å². The van der Waals surface area contributed by atoms with E-state index in [1.165, 1.54) is 0 Å². The molecule has 1 atom stereocenters. The van der Waals surface area contributed by atoms with Crippen LogP contribution in [0.2, 0.25) is 0 Å². The van der Waals surface area contributed by atoms with E-state index in [-0.39, 0.29) is 6.04 Å². The first-order valence-corrected chi connectivity index (χ1v) is 6.27. The summed E-state index contributed by atoms with van der Waals surface area (Å²) < 4.78 is 0. The fraction of sp³-hybridized carbons (Fsp3) is 0.125. The fourth-order valence-electron chi connectivity index (χ4n) is 2.11. The van der Waals surface area contributed by atoms with Crippen molar-refractivity contribution in [1.82, 2.24) is 9.97 Å². The molecule has 19 heavy (non-hydrogen) atoms. The van der Waals surface area contributed by atoms with Crippen LogP contribution in [0.1, 0.15) is 22.9 Å². The molecule has 2 heterocycles. The molecule has 2 aromatic heterocycles. The summed E-state index contributed by atoms with van der Waals surface area (Å²) in [6.07, 6.45) is 3.67. The molecule has 94 valence electrons. The van der Waals surface area contributed by atoms with Gasteiger partial charge in [0.1, 0.15) is 0 Å². The number of nitrogens with zero attached hydrogens (tertiary/aromatic N) is 2. The number of rotatable bonds is 2. The number of aryl methyl sites for hydroxylation is 1. The third-order valence-electron chi connectivity index (χ3n) is 3.26. The summed E-state index contributed by atoms with van der Waals surface area (Å²) in [7, 11) is 0. The van der Waals surface area contributed by atoms with Gasteiger partial charge in [0.25, 0.3) is 0 Å². The van der Waals surface area contributed by atoms with E-state index in [4.69, 9.17) is 5.73 Å². The minimum atomic E-state index is -0.190. The molecule has 0 saturated carbocycles. The van der Waals surface area contributed by atoms with Gasteiger partial charge in [0.15, 0.2) is 0 Å². The average molecular weight is 249 g/mol. The Kier molecular flexibility index (Phi) is 2.97. The molecule has 0 spiro atoms. The smallest absolute Gasteiger partial charge is 0.0702 e. The van der Waals surface area contributed by atoms with Gasteiger partial charge in [-0.15, -0.1) is 0 Å². The lowest BCUT2D eigenvalue weighted by molar-refractivity contribution is 0.856. The lowest BCUT2D eigenvalue weighted by atomic mass is 10.0. The lowest BCUT2D eigenvalue weighted by Crippen LogP contribution is -2.12. The first kappa shape index (κ1) is 11.8. The predicted octanol–water partition coefficient (Wildman–Crippen LogP) is 2.99. The number of hydrogen-bond donors (Lipinski definition) is 1. The van der Waals surface area contributed by atoms with E-state index in [0.717, 1.165) is 27.7 Å². The van der Waals surface area contributed by atoms with E-state index in [0.29, 0.717) is 0 Å². The minimum absolute atomic E-state index is 0.190. The maximum Gasteiger partial charge on any atom is 0.0702 e. The van der Waals surface area contributed by atoms with Crippen LogP contribution >= 0.6 is 0 Å². The van der Waals surface area contributed by atoms with Gasteiger partial charge >= 0.3 is 0 Å². The van der Waals surface area contributed by atoms with Gasteiger partial charge in [0.2, 0.25) is 0 Å². The molecule has 0 aliphatic rings. The van der Waals surface area contributed by atoms with E-state index in [9.17, 15) is 0 Å². The number of aromatic nitrogens is 2. The molecule has 0 saturated heterocycles. The monoisotopic (exact) mass is 249 g/mol. The summed E-state index contributed by atoms with van der Waals surface area (Å²) >= 11 is 0. The van der Waals surface area contributed by atoms with Gasteiger partial charge in [0, 0.05) is 23.5 Å². The first-order valence-electron chi connectivity index (χ1n) is 6.27. The molecule has 1 unspecified atom stereocenters. The lowest BCUT2D eigenvalue weighted by Gasteiger charge is -2.12. The molecular formula is C16H15N3. The predicted molar refractivity (Wildman–Crippen MR) is 76.7 cm³/mol. The Bertz CT molecular complexity index is 705. The van der Waals surface area contributed by atoms with Crippen LogP contribution in [-0.2, 0) is 0 Å². The van der Waals surface area contributed by atoms with Crippen LogP contribution < -0.4 is 5.73 Å². The maximum atomic E-state index is 6.28. The van der Waals surface area contributed by atoms with E-state index in [2.05, 4.69) is 16.0 Å². The van der Waals surface area contributed by atoms with Crippen LogP contribution in [-0.4, -0.2) is 9.97 Å². The Hall–Kier alpha value is -2.26. The molecule has 0 bridgehead atoms. The Labute approximate surface area is 112 Å². The second kappa shape index (κ2) is 4.78. The zero-order valence-corrected chi connectivity index (χ0v) is 10.7. The molecular weight excluding hydrogens is 234 g/mol. The SMILES string of the molecule is Cc1ccc(C(N)c2cnc3ccccc3c2)cn1. The van der Waals surface area contributed by atoms with Crippen molar-refractivity contribution in [3.05, 3.63) is 71.7 Å². The van der Waals surface area contributed by atoms with Crippen LogP contribution in [0, 0.1) is 6.92 Å². The van der Waals surface area contributed by atoms with Gasteiger partial charge in [0.05, 0.1) is 11.6 Å². The van der Waals surface area contributed by atoms with E-state index in [1.807, 2.05) is 55.7 Å². The number of fused-ring (bicyclic) bond motifs is 1. The fourth-order valence-corrected chi connectivity index (χ4v) is 2.11. The number of hydrogen-bond acceptors (Lipinski definition) is 3. The molecule has 0 aliphatic carbocycles. The van der Waals surface area contributed by atoms with Crippen molar-refractivity contribution in [3.8, 4) is 0 Å². The van der Waals surface area contributed by atoms with Crippen LogP contribution in [0.4, 0.5) is 0 Å². The van der Waals surface area contributed by atoms with Gasteiger partial charge in [-0.1, -0.05) is 24.3 Å². The van der Waals surface area contributed by atoms with E-state index >= 15 is 0 Å². The molecule has 3 rings (SSSR count). The number of para-hydroxylation sites is 1. The molecule has 0 fully saturated rings. The van der Waals surface area contributed by atoms with Gasteiger partial charge in [-0.2, -0.15) is 0 Å². The standard InChI is InChI=1S/C16H15N3/c1-11-6-7-13(9-18-11)16(17)14-8-12-4-2-3-5-15(12)19-10-14/h2-10,16H,17H2,1H3. The average Bonchev–Trinajstić information content (AvgIpc) is 2.47. The molecule has 3 aromatic rings. The van der Waals surface area contributed by atoms with Crippen LogP contribution in [0.5, 0.6) is 0 Å². The third-order valence-corrected chi connectivity index (χ3v) is 3.26. The summed E-state index contributed by atoms with van der Waals surface area (Å²) in [5.74, 6) is 0. The molecule has 2 N–H and O–H groups in total. The van der Waals surface area contributed by atoms with Crippen molar-refractivity contribution in [2.45, 2.75) is 13.0 Å². The van der Waals surface area contributed by atoms with Crippen molar-refractivity contribution in [2.75, 3.05) is 0 Å². The van der Waals surface area contributed by atoms with Crippen molar-refractivity contribution in [1.29, 1.82) is 0 Å². The maximum absolute atomic E-state index is 6.28. The first-order chi connectivity index (χ1) is 9.24. The van der Waals surface area contributed by atoms with E-state index in [1.54, 1.807) is 0 Å². The molecule has 1 aromatic carbocycles. The van der Waals surface area contributed by atoms with Gasteiger partial charge in [-0.25, -0.2) is 0 Å². The summed E-state index contributed by atoms with van der Waals surface area (Å²) in [6, 6.07) is 13.9. The van der Waals surface area contributed by atoms with Crippen molar-refractivity contribution < 1.29 is 0 Å². The molecule has 0 amide bonds. The van der Waals surface area contributed by atoms with Crippen molar-refractivity contribution in [2.24, 2.45) is 5.73 Å². The summed E-state index contributed by atoms with van der Waals surface area (Å²) in [5.41, 5.74) is 10.3. The molecule has 0 aliphatic heterocycles. The van der Waals surface area contributed by atoms with Crippen LogP contribution in [0.25, 0.3) is 10.9 Å². The largest absolute Gasteiger partial charge is 0.320 e. The normalized spacial score (nSPS) is 12.5. The molecule has 0 radical (unpaired) electrons. The highest BCUT2D eigenvalue weighted by Crippen LogP contribution is 2.21. The van der Waals surface area contributed by atoms with Crippen molar-refractivity contribution >= 4 is 10.9 Å². The Morgan fingerprint density at radius 3 is 2.53 bits per heavy atom. The Balaban J connectivity index is 2.01. The zero-order valence-electron chi connectivity index (χ0n) is 10.7. The van der Waals surface area contributed by atoms with E-state index < -0.39 is 0 Å². The second-order valence-electron chi connectivity index (χ2n) is 4.67. The Morgan fingerprint density at radius 2 is 1.74 bits per heavy atom. The highest BCUT2D eigenvalue weighted by atomic mass is 14.7. The number of pyridine rings is 2. The Morgan fingerprint density at radius 1 is 0.947 bits per heavy atom. The van der Waals surface area contributed by atoms with Crippen LogP contribution in [0.15, 0.2) is 54.9 Å². The molecule has 3 heteroatoms. The molecule has 3 nitrogen and oxygen atoms in total. The third kappa shape index (κ3) is 2.33. The summed E-state index contributed by atoms with van der Waals surface area (Å²) in [6.45, 7) is 1.97. The topological polar surface area (TPSA) is 51.8 Å². The quantitative estimate of drug-likeness (QED) is 0.759. The summed E-state index contributed by atoms with van der Waals surface area (Å²) in [4.78, 5) is 8.73. The number of benzene rings is 1. The second-order valence-corrected chi connectivity index (χ2v) is 4.67. The highest BCUT2D eigenvalue weighted by Gasteiger charge is 2.10. The summed E-state index contributed by atoms with van der Waals surface area (Å²) in [5, 5.41) is 1.11. The highest BCUT2D eigenvalue weighted by molar-refractivity contribution is 5.78. The van der Waals surface area contributed by atoms with Gasteiger partial charge < -0.3 is 5.73 Å².